The van der Waals surface area contributed by atoms with Crippen LogP contribution in [0.25, 0.3) is 0 Å². The van der Waals surface area contributed by atoms with Gasteiger partial charge in [0.15, 0.2) is 0 Å². The fraction of sp³-hybridized carbons (Fsp3) is 0.533. The van der Waals surface area contributed by atoms with Crippen LogP contribution in [0.5, 0.6) is 0 Å². The van der Waals surface area contributed by atoms with Crippen LogP contribution in [0.3, 0.4) is 0 Å². The van der Waals surface area contributed by atoms with E-state index in [9.17, 15) is 14.4 Å². The Morgan fingerprint density at radius 3 is 2.62 bits per heavy atom. The summed E-state index contributed by atoms with van der Waals surface area (Å²) in [5, 5.41) is 2.74. The zero-order valence-electron chi connectivity index (χ0n) is 12.6. The molecule has 1 N–H and O–H groups in total. The van der Waals surface area contributed by atoms with E-state index in [2.05, 4.69) is 5.32 Å². The summed E-state index contributed by atoms with van der Waals surface area (Å²) in [7, 11) is 0. The van der Waals surface area contributed by atoms with Crippen LogP contribution in [0.4, 0.5) is 0 Å². The number of hydrogen-bond donors (Lipinski definition) is 1. The van der Waals surface area contributed by atoms with E-state index in [0.29, 0.717) is 13.1 Å². The van der Waals surface area contributed by atoms with Crippen molar-refractivity contribution in [1.82, 2.24) is 14.8 Å². The second-order valence-corrected chi connectivity index (χ2v) is 5.96. The molecule has 2 amide bonds. The van der Waals surface area contributed by atoms with E-state index in [-0.39, 0.29) is 29.8 Å². The Balaban J connectivity index is 2.17. The van der Waals surface area contributed by atoms with E-state index in [1.54, 1.807) is 41.6 Å². The summed E-state index contributed by atoms with van der Waals surface area (Å²) < 4.78 is 1.56. The first-order valence-electron chi connectivity index (χ1n) is 7.09. The van der Waals surface area contributed by atoms with Crippen LogP contribution in [0, 0.1) is 0 Å². The van der Waals surface area contributed by atoms with Crippen molar-refractivity contribution in [2.24, 2.45) is 0 Å². The van der Waals surface area contributed by atoms with Crippen molar-refractivity contribution in [1.29, 1.82) is 0 Å². The first-order valence-corrected chi connectivity index (χ1v) is 7.09. The lowest BCUT2D eigenvalue weighted by molar-refractivity contribution is -0.138. The van der Waals surface area contributed by atoms with Crippen molar-refractivity contribution in [2.75, 3.05) is 6.54 Å². The predicted molar refractivity (Wildman–Crippen MR) is 78.7 cm³/mol. The molecule has 0 aliphatic carbocycles. The summed E-state index contributed by atoms with van der Waals surface area (Å²) in [6.45, 7) is 6.08. The zero-order chi connectivity index (χ0) is 15.6. The molecule has 1 fully saturated rings. The lowest BCUT2D eigenvalue weighted by Crippen LogP contribution is -2.54. The van der Waals surface area contributed by atoms with Crippen LogP contribution in [-0.4, -0.2) is 39.4 Å². The minimum Gasteiger partial charge on any atom is -0.342 e. The molecule has 0 bridgehead atoms. The highest BCUT2D eigenvalue weighted by atomic mass is 16.2. The summed E-state index contributed by atoms with van der Waals surface area (Å²) in [5.74, 6) is -0.245. The molecule has 1 aliphatic rings. The van der Waals surface area contributed by atoms with Gasteiger partial charge in [-0.15, -0.1) is 0 Å². The number of carbonyl (C=O) groups excluding carboxylic acids is 2. The van der Waals surface area contributed by atoms with E-state index >= 15 is 0 Å². The van der Waals surface area contributed by atoms with Gasteiger partial charge in [0, 0.05) is 37.8 Å². The highest BCUT2D eigenvalue weighted by molar-refractivity contribution is 5.93. The van der Waals surface area contributed by atoms with Crippen molar-refractivity contribution >= 4 is 11.8 Å². The van der Waals surface area contributed by atoms with Crippen LogP contribution in [0.1, 0.15) is 27.2 Å². The van der Waals surface area contributed by atoms with Gasteiger partial charge in [-0.25, -0.2) is 0 Å². The van der Waals surface area contributed by atoms with E-state index < -0.39 is 5.54 Å². The molecule has 1 atom stereocenters. The number of pyridine rings is 1. The van der Waals surface area contributed by atoms with Crippen LogP contribution < -0.4 is 10.9 Å². The average Bonchev–Trinajstić information content (AvgIpc) is 2.45. The van der Waals surface area contributed by atoms with Gasteiger partial charge in [0.2, 0.25) is 11.8 Å². The van der Waals surface area contributed by atoms with E-state index in [1.807, 2.05) is 6.92 Å². The number of amides is 2. The van der Waals surface area contributed by atoms with Gasteiger partial charge in [-0.05, 0) is 26.8 Å². The summed E-state index contributed by atoms with van der Waals surface area (Å²) in [4.78, 5) is 37.7. The second-order valence-electron chi connectivity index (χ2n) is 5.96. The third kappa shape index (κ3) is 3.32. The SMILES string of the molecule is CC1CC(=O)NC(C)(C)C(=O)N1CCn1ccccc1=O. The Morgan fingerprint density at radius 1 is 1.24 bits per heavy atom. The van der Waals surface area contributed by atoms with Crippen LogP contribution in [0.15, 0.2) is 29.2 Å². The minimum absolute atomic E-state index is 0.0964. The summed E-state index contributed by atoms with van der Waals surface area (Å²) in [5.41, 5.74) is -1.01. The molecule has 2 rings (SSSR count). The molecule has 6 nitrogen and oxygen atoms in total. The lowest BCUT2D eigenvalue weighted by Gasteiger charge is -2.32. The molecule has 114 valence electrons. The lowest BCUT2D eigenvalue weighted by atomic mass is 10.0. The van der Waals surface area contributed by atoms with E-state index in [4.69, 9.17) is 0 Å². The predicted octanol–water partition coefficient (Wildman–Crippen LogP) is 0.364. The molecule has 1 aliphatic heterocycles. The number of aromatic nitrogens is 1. The number of nitrogens with zero attached hydrogens (tertiary/aromatic N) is 2. The molecule has 0 radical (unpaired) electrons. The number of carbonyl (C=O) groups is 2. The number of hydrogen-bond acceptors (Lipinski definition) is 3. The molecule has 1 unspecified atom stereocenters. The Morgan fingerprint density at radius 2 is 1.95 bits per heavy atom. The summed E-state index contributed by atoms with van der Waals surface area (Å²) in [6.07, 6.45) is 1.97. The van der Waals surface area contributed by atoms with Gasteiger partial charge in [0.05, 0.1) is 0 Å². The molecular weight excluding hydrogens is 270 g/mol. The van der Waals surface area contributed by atoms with Gasteiger partial charge in [0.25, 0.3) is 5.56 Å². The van der Waals surface area contributed by atoms with Gasteiger partial charge < -0.3 is 14.8 Å². The van der Waals surface area contributed by atoms with Gasteiger partial charge in [-0.2, -0.15) is 0 Å². The molecule has 2 heterocycles. The fourth-order valence-electron chi connectivity index (χ4n) is 2.57. The third-order valence-electron chi connectivity index (χ3n) is 3.74. The molecule has 21 heavy (non-hydrogen) atoms. The second kappa shape index (κ2) is 5.71. The van der Waals surface area contributed by atoms with Gasteiger partial charge in [-0.1, -0.05) is 6.07 Å². The largest absolute Gasteiger partial charge is 0.342 e. The van der Waals surface area contributed by atoms with Crippen molar-refractivity contribution in [3.8, 4) is 0 Å². The van der Waals surface area contributed by atoms with E-state index in [0.717, 1.165) is 0 Å². The zero-order valence-corrected chi connectivity index (χ0v) is 12.6. The monoisotopic (exact) mass is 291 g/mol. The highest BCUT2D eigenvalue weighted by Crippen LogP contribution is 2.17. The van der Waals surface area contributed by atoms with Crippen LogP contribution in [0.2, 0.25) is 0 Å². The first kappa shape index (κ1) is 15.3. The topological polar surface area (TPSA) is 71.4 Å². The average molecular weight is 291 g/mol. The smallest absolute Gasteiger partial charge is 0.250 e. The molecular formula is C15H21N3O3. The van der Waals surface area contributed by atoms with Crippen molar-refractivity contribution in [3.63, 3.8) is 0 Å². The van der Waals surface area contributed by atoms with Crippen molar-refractivity contribution in [3.05, 3.63) is 34.7 Å². The van der Waals surface area contributed by atoms with Gasteiger partial charge >= 0.3 is 0 Å². The van der Waals surface area contributed by atoms with Crippen LogP contribution in [-0.2, 0) is 16.1 Å². The molecule has 0 spiro atoms. The van der Waals surface area contributed by atoms with Gasteiger partial charge in [-0.3, -0.25) is 14.4 Å². The van der Waals surface area contributed by atoms with Crippen molar-refractivity contribution in [2.45, 2.75) is 45.3 Å². The fourth-order valence-corrected chi connectivity index (χ4v) is 2.57. The highest BCUT2D eigenvalue weighted by Gasteiger charge is 2.39. The van der Waals surface area contributed by atoms with Gasteiger partial charge in [0.1, 0.15) is 5.54 Å². The summed E-state index contributed by atoms with van der Waals surface area (Å²) >= 11 is 0. The quantitative estimate of drug-likeness (QED) is 0.874. The maximum Gasteiger partial charge on any atom is 0.250 e. The Labute approximate surface area is 123 Å². The van der Waals surface area contributed by atoms with Crippen LogP contribution >= 0.6 is 0 Å². The molecule has 0 saturated carbocycles. The maximum atomic E-state index is 12.6. The molecule has 0 aromatic carbocycles. The standard InChI is InChI=1S/C15H21N3O3/c1-11-10-12(19)16-15(2,3)14(21)18(11)9-8-17-7-5-4-6-13(17)20/h4-7,11H,8-10H2,1-3H3,(H,16,19). The maximum absolute atomic E-state index is 12.6. The molecule has 6 heteroatoms. The number of nitrogens with one attached hydrogen (secondary N) is 1. The number of rotatable bonds is 3. The Bertz CT molecular complexity index is 606. The molecule has 1 saturated heterocycles. The molecule has 1 aromatic rings. The summed E-state index contributed by atoms with van der Waals surface area (Å²) in [6, 6.07) is 4.77. The van der Waals surface area contributed by atoms with Crippen molar-refractivity contribution < 1.29 is 9.59 Å². The van der Waals surface area contributed by atoms with E-state index in [1.165, 1.54) is 6.07 Å². The first-order chi connectivity index (χ1) is 9.81. The third-order valence-corrected chi connectivity index (χ3v) is 3.74. The Kier molecular flexibility index (Phi) is 4.16. The Hall–Kier alpha value is -2.11. The minimum atomic E-state index is -0.913. The molecule has 1 aromatic heterocycles. The normalized spacial score (nSPS) is 21.9.